The molecule has 0 radical (unpaired) electrons. The highest BCUT2D eigenvalue weighted by Gasteiger charge is 2.18. The Kier molecular flexibility index (Phi) is 7.33. The Morgan fingerprint density at radius 2 is 1.25 bits per heavy atom. The molecule has 1 rings (SSSR count). The van der Waals surface area contributed by atoms with Gasteiger partial charge in [-0.3, -0.25) is 9.80 Å². The van der Waals surface area contributed by atoms with E-state index in [1.54, 1.807) is 38.1 Å². The van der Waals surface area contributed by atoms with Crippen LogP contribution in [0.2, 0.25) is 0 Å². The van der Waals surface area contributed by atoms with Gasteiger partial charge in [0.1, 0.15) is 0 Å². The number of carbonyl (C=O) groups is 2. The lowest BCUT2D eigenvalue weighted by Gasteiger charge is -2.23. The fourth-order valence-electron chi connectivity index (χ4n) is 1.80. The van der Waals surface area contributed by atoms with E-state index < -0.39 is 12.2 Å². The topological polar surface area (TPSA) is 105 Å². The van der Waals surface area contributed by atoms with Gasteiger partial charge in [-0.1, -0.05) is 12.1 Å². The number of rotatable bonds is 4. The summed E-state index contributed by atoms with van der Waals surface area (Å²) in [6, 6.07) is 6.80. The van der Waals surface area contributed by atoms with Crippen LogP contribution in [0.3, 0.4) is 0 Å². The maximum Gasteiger partial charge on any atom is 0.413 e. The van der Waals surface area contributed by atoms with E-state index in [-0.39, 0.29) is 23.3 Å². The molecule has 4 N–H and O–H groups in total. The number of carboxylic acid groups (broad SMARTS) is 2. The number of hydrogen-bond acceptors (Lipinski definition) is 4. The summed E-state index contributed by atoms with van der Waals surface area (Å²) in [6.07, 6.45) is -2.34. The van der Waals surface area contributed by atoms with Crippen molar-refractivity contribution < 1.29 is 19.8 Å². The van der Waals surface area contributed by atoms with Crippen LogP contribution in [0.1, 0.15) is 13.8 Å². The molecule has 0 aliphatic carbocycles. The first kappa shape index (κ1) is 19.6. The third kappa shape index (κ3) is 5.03. The van der Waals surface area contributed by atoms with Gasteiger partial charge in [-0.2, -0.15) is 0 Å². The van der Waals surface area contributed by atoms with Gasteiger partial charge in [0.05, 0.1) is 11.4 Å². The molecule has 0 aliphatic heterocycles. The molecular formula is C14H18N4O4S2. The molecule has 0 bridgehead atoms. The smallest absolute Gasteiger partial charge is 0.413 e. The molecule has 1 aromatic rings. The number of benzene rings is 1. The summed E-state index contributed by atoms with van der Waals surface area (Å²) >= 11 is 10.2. The minimum Gasteiger partial charge on any atom is -0.465 e. The monoisotopic (exact) mass is 370 g/mol. The average molecular weight is 370 g/mol. The predicted molar refractivity (Wildman–Crippen MR) is 99.7 cm³/mol. The van der Waals surface area contributed by atoms with Crippen molar-refractivity contribution in [2.24, 2.45) is 0 Å². The number of para-hydroxylation sites is 2. The Hall–Kier alpha value is -2.46. The number of nitrogens with zero attached hydrogens (tertiary/aromatic N) is 2. The number of thiocarbonyl (C=S) groups is 2. The van der Waals surface area contributed by atoms with Crippen molar-refractivity contribution in [3.8, 4) is 0 Å². The van der Waals surface area contributed by atoms with Gasteiger partial charge in [0.25, 0.3) is 0 Å². The predicted octanol–water partition coefficient (Wildman–Crippen LogP) is 3.08. The van der Waals surface area contributed by atoms with E-state index in [1.165, 1.54) is 0 Å². The standard InChI is InChI=1S/C14H18N4O4S2/c1-3-17(13(19)20)11(23)15-9-7-5-6-8-10(9)16-12(24)18(4-2)14(21)22/h5-8H,3-4H2,1-2H3,(H,15,23)(H,16,24)(H,19,20)(H,21,22). The van der Waals surface area contributed by atoms with Crippen LogP contribution in [0.5, 0.6) is 0 Å². The van der Waals surface area contributed by atoms with Gasteiger partial charge in [0.15, 0.2) is 10.2 Å². The first-order chi connectivity index (χ1) is 11.3. The van der Waals surface area contributed by atoms with Crippen molar-refractivity contribution in [1.82, 2.24) is 9.80 Å². The van der Waals surface area contributed by atoms with Crippen LogP contribution < -0.4 is 10.6 Å². The number of anilines is 2. The quantitative estimate of drug-likeness (QED) is 0.599. The van der Waals surface area contributed by atoms with Crippen LogP contribution in [0, 0.1) is 0 Å². The zero-order chi connectivity index (χ0) is 18.3. The van der Waals surface area contributed by atoms with Crippen molar-refractivity contribution in [3.05, 3.63) is 24.3 Å². The maximum atomic E-state index is 11.1. The molecule has 10 heteroatoms. The van der Waals surface area contributed by atoms with Gasteiger partial charge in [0.2, 0.25) is 0 Å². The van der Waals surface area contributed by atoms with E-state index in [9.17, 15) is 9.59 Å². The fourth-order valence-corrected chi connectivity index (χ4v) is 2.43. The van der Waals surface area contributed by atoms with Crippen LogP contribution >= 0.6 is 24.4 Å². The molecular weight excluding hydrogens is 352 g/mol. The van der Waals surface area contributed by atoms with Gasteiger partial charge < -0.3 is 20.8 Å². The second-order valence-corrected chi connectivity index (χ2v) is 5.23. The highest BCUT2D eigenvalue weighted by molar-refractivity contribution is 7.80. The molecule has 1 aromatic carbocycles. The van der Waals surface area contributed by atoms with Crippen LogP contribution in [0.4, 0.5) is 21.0 Å². The van der Waals surface area contributed by atoms with E-state index in [2.05, 4.69) is 10.6 Å². The third-order valence-corrected chi connectivity index (χ3v) is 3.64. The molecule has 130 valence electrons. The zero-order valence-corrected chi connectivity index (χ0v) is 14.8. The summed E-state index contributed by atoms with van der Waals surface area (Å²) in [4.78, 5) is 24.2. The molecule has 0 saturated carbocycles. The maximum absolute atomic E-state index is 11.1. The third-order valence-electron chi connectivity index (χ3n) is 2.99. The Morgan fingerprint density at radius 3 is 1.50 bits per heavy atom. The Labute approximate surface area is 150 Å². The van der Waals surface area contributed by atoms with Crippen molar-refractivity contribution in [3.63, 3.8) is 0 Å². The molecule has 2 amide bonds. The molecule has 0 saturated heterocycles. The Bertz CT molecular complexity index is 598. The van der Waals surface area contributed by atoms with Crippen molar-refractivity contribution >= 4 is 58.2 Å². The summed E-state index contributed by atoms with van der Waals surface area (Å²) < 4.78 is 0. The molecule has 0 aliphatic rings. The van der Waals surface area contributed by atoms with Crippen LogP contribution in [0.25, 0.3) is 0 Å². The summed E-state index contributed by atoms with van der Waals surface area (Å²) in [5.74, 6) is 0. The summed E-state index contributed by atoms with van der Waals surface area (Å²) in [7, 11) is 0. The lowest BCUT2D eigenvalue weighted by atomic mass is 10.2. The zero-order valence-electron chi connectivity index (χ0n) is 13.1. The second kappa shape index (κ2) is 8.99. The average Bonchev–Trinajstić information content (AvgIpc) is 2.49. The highest BCUT2D eigenvalue weighted by atomic mass is 32.1. The first-order valence-corrected chi connectivity index (χ1v) is 7.85. The SMILES string of the molecule is CCN(C(=O)O)C(=S)Nc1ccccc1NC(=S)N(CC)C(=O)O. The van der Waals surface area contributed by atoms with Crippen LogP contribution in [-0.4, -0.2) is 55.5 Å². The number of amides is 2. The van der Waals surface area contributed by atoms with Gasteiger partial charge in [0, 0.05) is 13.1 Å². The largest absolute Gasteiger partial charge is 0.465 e. The van der Waals surface area contributed by atoms with Crippen molar-refractivity contribution in [1.29, 1.82) is 0 Å². The molecule has 8 nitrogen and oxygen atoms in total. The number of nitrogens with one attached hydrogen (secondary N) is 2. The fraction of sp³-hybridized carbons (Fsp3) is 0.286. The van der Waals surface area contributed by atoms with Gasteiger partial charge in [-0.15, -0.1) is 0 Å². The first-order valence-electron chi connectivity index (χ1n) is 7.03. The molecule has 0 fully saturated rings. The van der Waals surface area contributed by atoms with Crippen LogP contribution in [-0.2, 0) is 0 Å². The van der Waals surface area contributed by atoms with E-state index in [1.807, 2.05) is 0 Å². The van der Waals surface area contributed by atoms with E-state index in [4.69, 9.17) is 34.6 Å². The van der Waals surface area contributed by atoms with E-state index in [0.717, 1.165) is 9.80 Å². The molecule has 0 spiro atoms. The van der Waals surface area contributed by atoms with E-state index >= 15 is 0 Å². The summed E-state index contributed by atoms with van der Waals surface area (Å²) in [5, 5.41) is 23.9. The molecule has 0 heterocycles. The summed E-state index contributed by atoms with van der Waals surface area (Å²) in [5.41, 5.74) is 0.956. The minimum absolute atomic E-state index is 0.00995. The lowest BCUT2D eigenvalue weighted by Crippen LogP contribution is -2.40. The minimum atomic E-state index is -1.17. The Balaban J connectivity index is 2.96. The molecule has 0 aromatic heterocycles. The van der Waals surface area contributed by atoms with Gasteiger partial charge in [-0.25, -0.2) is 9.59 Å². The molecule has 24 heavy (non-hydrogen) atoms. The van der Waals surface area contributed by atoms with E-state index in [0.29, 0.717) is 11.4 Å². The van der Waals surface area contributed by atoms with Crippen LogP contribution in [0.15, 0.2) is 24.3 Å². The van der Waals surface area contributed by atoms with Crippen molar-refractivity contribution in [2.45, 2.75) is 13.8 Å². The van der Waals surface area contributed by atoms with Gasteiger partial charge >= 0.3 is 12.2 Å². The highest BCUT2D eigenvalue weighted by Crippen LogP contribution is 2.22. The van der Waals surface area contributed by atoms with Gasteiger partial charge in [-0.05, 0) is 50.4 Å². The van der Waals surface area contributed by atoms with Crippen molar-refractivity contribution in [2.75, 3.05) is 23.7 Å². The summed E-state index contributed by atoms with van der Waals surface area (Å²) in [6.45, 7) is 3.70. The number of hydrogen-bond donors (Lipinski definition) is 4. The Morgan fingerprint density at radius 1 is 0.917 bits per heavy atom. The second-order valence-electron chi connectivity index (χ2n) is 4.46. The lowest BCUT2D eigenvalue weighted by molar-refractivity contribution is 0.170. The molecule has 0 unspecified atom stereocenters. The molecule has 0 atom stereocenters. The normalized spacial score (nSPS) is 9.75.